The highest BCUT2D eigenvalue weighted by Crippen LogP contribution is 2.43. The van der Waals surface area contributed by atoms with Gasteiger partial charge < -0.3 is 9.84 Å². The maximum Gasteiger partial charge on any atom is 0.211 e. The summed E-state index contributed by atoms with van der Waals surface area (Å²) in [5, 5.41) is 9.96. The van der Waals surface area contributed by atoms with Crippen LogP contribution >= 0.6 is 0 Å². The molecule has 2 aliphatic heterocycles. The van der Waals surface area contributed by atoms with Crippen LogP contribution in [0.25, 0.3) is 0 Å². The third-order valence-electron chi connectivity index (χ3n) is 5.67. The Hall–Kier alpha value is -1.15. The van der Waals surface area contributed by atoms with E-state index in [1.54, 1.807) is 0 Å². The summed E-state index contributed by atoms with van der Waals surface area (Å²) in [6.45, 7) is 7.55. The number of aliphatic hydroxyl groups is 1. The van der Waals surface area contributed by atoms with Crippen molar-refractivity contribution in [1.29, 1.82) is 0 Å². The Kier molecular flexibility index (Phi) is 5.63. The standard InChI is InChI=1S/C19H30N2O4S/c1-15(2)25-18-6-4-16(5-7-18)10-20-9-8-19(14-22)13-21(26(3,23)24)12-17(19)11-20/h4-7,15,17,22H,8-14H2,1-3H3/t17-,19+/m1/s1. The van der Waals surface area contributed by atoms with Gasteiger partial charge in [-0.25, -0.2) is 12.7 Å². The number of hydrogen-bond donors (Lipinski definition) is 1. The van der Waals surface area contributed by atoms with Crippen molar-refractivity contribution in [2.45, 2.75) is 32.9 Å². The molecule has 2 atom stereocenters. The average Bonchev–Trinajstić information content (AvgIpc) is 2.96. The van der Waals surface area contributed by atoms with Crippen LogP contribution in [-0.4, -0.2) is 67.9 Å². The minimum atomic E-state index is -3.21. The summed E-state index contributed by atoms with van der Waals surface area (Å²) < 4.78 is 31.1. The molecule has 1 aromatic rings. The molecule has 0 saturated carbocycles. The van der Waals surface area contributed by atoms with E-state index >= 15 is 0 Å². The molecule has 0 bridgehead atoms. The van der Waals surface area contributed by atoms with Crippen molar-refractivity contribution in [3.05, 3.63) is 29.8 Å². The second-order valence-electron chi connectivity index (χ2n) is 8.07. The van der Waals surface area contributed by atoms with Gasteiger partial charge in [-0.15, -0.1) is 0 Å². The van der Waals surface area contributed by atoms with E-state index < -0.39 is 10.0 Å². The molecule has 2 fully saturated rings. The first-order valence-corrected chi connectivity index (χ1v) is 11.1. The van der Waals surface area contributed by atoms with Crippen molar-refractivity contribution >= 4 is 10.0 Å². The molecule has 6 nitrogen and oxygen atoms in total. The van der Waals surface area contributed by atoms with Crippen LogP contribution in [0, 0.1) is 11.3 Å². The van der Waals surface area contributed by atoms with Crippen LogP contribution in [-0.2, 0) is 16.6 Å². The predicted molar refractivity (Wildman–Crippen MR) is 102 cm³/mol. The Bertz CT molecular complexity index is 720. The van der Waals surface area contributed by atoms with Crippen molar-refractivity contribution in [2.24, 2.45) is 11.3 Å². The lowest BCUT2D eigenvalue weighted by Gasteiger charge is -2.42. The maximum atomic E-state index is 11.9. The Morgan fingerprint density at radius 3 is 2.54 bits per heavy atom. The molecule has 26 heavy (non-hydrogen) atoms. The number of ether oxygens (including phenoxy) is 1. The van der Waals surface area contributed by atoms with E-state index in [1.807, 2.05) is 26.0 Å². The minimum Gasteiger partial charge on any atom is -0.491 e. The summed E-state index contributed by atoms with van der Waals surface area (Å²) in [6, 6.07) is 8.17. The quantitative estimate of drug-likeness (QED) is 0.808. The fourth-order valence-electron chi connectivity index (χ4n) is 4.16. The summed E-state index contributed by atoms with van der Waals surface area (Å²) in [6.07, 6.45) is 2.25. The monoisotopic (exact) mass is 382 g/mol. The minimum absolute atomic E-state index is 0.0543. The third kappa shape index (κ3) is 4.22. The van der Waals surface area contributed by atoms with E-state index in [0.717, 1.165) is 31.8 Å². The maximum absolute atomic E-state index is 11.9. The van der Waals surface area contributed by atoms with Gasteiger partial charge in [0, 0.05) is 31.6 Å². The molecule has 0 amide bonds. The Morgan fingerprint density at radius 2 is 1.96 bits per heavy atom. The van der Waals surface area contributed by atoms with Gasteiger partial charge in [-0.2, -0.15) is 0 Å². The number of likely N-dealkylation sites (tertiary alicyclic amines) is 1. The molecule has 2 saturated heterocycles. The Labute approximate surface area is 156 Å². The molecule has 146 valence electrons. The summed E-state index contributed by atoms with van der Waals surface area (Å²) >= 11 is 0. The SMILES string of the molecule is CC(C)Oc1ccc(CN2CC[C@@]3(CO)CN(S(C)(=O)=O)C[C@H]3C2)cc1. The van der Waals surface area contributed by atoms with Crippen LogP contribution in [0.1, 0.15) is 25.8 Å². The van der Waals surface area contributed by atoms with E-state index in [0.29, 0.717) is 13.1 Å². The Balaban J connectivity index is 1.64. The van der Waals surface area contributed by atoms with Gasteiger partial charge in [-0.3, -0.25) is 4.90 Å². The molecule has 0 radical (unpaired) electrons. The van der Waals surface area contributed by atoms with Gasteiger partial charge in [0.05, 0.1) is 19.0 Å². The summed E-state index contributed by atoms with van der Waals surface area (Å²) in [7, 11) is -3.21. The van der Waals surface area contributed by atoms with Crippen LogP contribution < -0.4 is 4.74 Å². The molecule has 1 aromatic carbocycles. The van der Waals surface area contributed by atoms with E-state index in [-0.39, 0.29) is 24.0 Å². The molecule has 0 aromatic heterocycles. The molecule has 0 spiro atoms. The van der Waals surface area contributed by atoms with Gasteiger partial charge >= 0.3 is 0 Å². The molecular weight excluding hydrogens is 352 g/mol. The van der Waals surface area contributed by atoms with Gasteiger partial charge in [0.25, 0.3) is 0 Å². The Morgan fingerprint density at radius 1 is 1.27 bits per heavy atom. The van der Waals surface area contributed by atoms with E-state index in [2.05, 4.69) is 17.0 Å². The van der Waals surface area contributed by atoms with Crippen LogP contribution in [0.2, 0.25) is 0 Å². The van der Waals surface area contributed by atoms with Crippen LogP contribution in [0.5, 0.6) is 5.75 Å². The molecule has 3 rings (SSSR count). The summed E-state index contributed by atoms with van der Waals surface area (Å²) in [5.74, 6) is 1.06. The first-order valence-electron chi connectivity index (χ1n) is 9.26. The van der Waals surface area contributed by atoms with E-state index in [1.165, 1.54) is 16.1 Å². The van der Waals surface area contributed by atoms with Crippen molar-refractivity contribution < 1.29 is 18.3 Å². The molecular formula is C19H30N2O4S. The highest BCUT2D eigenvalue weighted by atomic mass is 32.2. The van der Waals surface area contributed by atoms with Crippen molar-refractivity contribution in [3.63, 3.8) is 0 Å². The van der Waals surface area contributed by atoms with Crippen molar-refractivity contribution in [2.75, 3.05) is 39.0 Å². The fourth-order valence-corrected chi connectivity index (χ4v) is 5.10. The second-order valence-corrected chi connectivity index (χ2v) is 10.1. The number of fused-ring (bicyclic) bond motifs is 1. The largest absolute Gasteiger partial charge is 0.491 e. The first-order chi connectivity index (χ1) is 12.2. The topological polar surface area (TPSA) is 70.1 Å². The molecule has 7 heteroatoms. The molecule has 2 heterocycles. The normalized spacial score (nSPS) is 27.7. The van der Waals surface area contributed by atoms with Gasteiger partial charge in [0.1, 0.15) is 5.75 Å². The molecule has 2 aliphatic rings. The predicted octanol–water partition coefficient (Wildman–Crippen LogP) is 1.55. The number of aliphatic hydroxyl groups excluding tert-OH is 1. The number of nitrogens with zero attached hydrogens (tertiary/aromatic N) is 2. The fraction of sp³-hybridized carbons (Fsp3) is 0.684. The highest BCUT2D eigenvalue weighted by Gasteiger charge is 2.51. The average molecular weight is 383 g/mol. The highest BCUT2D eigenvalue weighted by molar-refractivity contribution is 7.88. The second kappa shape index (κ2) is 7.46. The number of benzene rings is 1. The summed E-state index contributed by atoms with van der Waals surface area (Å²) in [5.41, 5.74) is 0.935. The lowest BCUT2D eigenvalue weighted by Crippen LogP contribution is -2.48. The van der Waals surface area contributed by atoms with Gasteiger partial charge in [0.2, 0.25) is 10.0 Å². The van der Waals surface area contributed by atoms with Crippen LogP contribution in [0.15, 0.2) is 24.3 Å². The van der Waals surface area contributed by atoms with Crippen molar-refractivity contribution in [1.82, 2.24) is 9.21 Å². The van der Waals surface area contributed by atoms with Crippen LogP contribution in [0.4, 0.5) is 0 Å². The van der Waals surface area contributed by atoms with Crippen molar-refractivity contribution in [3.8, 4) is 5.75 Å². The zero-order valence-electron chi connectivity index (χ0n) is 15.9. The molecule has 0 unspecified atom stereocenters. The number of sulfonamides is 1. The molecule has 0 aliphatic carbocycles. The van der Waals surface area contributed by atoms with Gasteiger partial charge in [-0.1, -0.05) is 12.1 Å². The molecule has 1 N–H and O–H groups in total. The first kappa shape index (κ1) is 19.6. The lowest BCUT2D eigenvalue weighted by molar-refractivity contribution is 0.0170. The smallest absolute Gasteiger partial charge is 0.211 e. The van der Waals surface area contributed by atoms with Crippen LogP contribution in [0.3, 0.4) is 0 Å². The van der Waals surface area contributed by atoms with E-state index in [4.69, 9.17) is 4.74 Å². The van der Waals surface area contributed by atoms with Gasteiger partial charge in [-0.05, 0) is 50.4 Å². The third-order valence-corrected chi connectivity index (χ3v) is 6.89. The van der Waals surface area contributed by atoms with E-state index in [9.17, 15) is 13.5 Å². The zero-order valence-corrected chi connectivity index (χ0v) is 16.7. The number of rotatable bonds is 6. The number of hydrogen-bond acceptors (Lipinski definition) is 5. The van der Waals surface area contributed by atoms with Gasteiger partial charge in [0.15, 0.2) is 0 Å². The summed E-state index contributed by atoms with van der Waals surface area (Å²) in [4.78, 5) is 2.36. The number of piperidine rings is 1. The zero-order chi connectivity index (χ0) is 18.9. The lowest BCUT2D eigenvalue weighted by atomic mass is 9.73.